The third-order valence-corrected chi connectivity index (χ3v) is 7.45. The Labute approximate surface area is 233 Å². The summed E-state index contributed by atoms with van der Waals surface area (Å²) in [6, 6.07) is 24.0. The molecule has 8 heteroatoms. The second kappa shape index (κ2) is 14.9. The van der Waals surface area contributed by atoms with Gasteiger partial charge in [-0.05, 0) is 33.9 Å². The third kappa shape index (κ3) is 8.42. The fraction of sp³-hybridized carbons (Fsp3) is 0.323. The van der Waals surface area contributed by atoms with Crippen LogP contribution in [0.5, 0.6) is 0 Å². The van der Waals surface area contributed by atoms with Gasteiger partial charge < -0.3 is 29.7 Å². The van der Waals surface area contributed by atoms with E-state index >= 15 is 0 Å². The predicted octanol–water partition coefficient (Wildman–Crippen LogP) is 5.53. The highest BCUT2D eigenvalue weighted by molar-refractivity contribution is 7.99. The maximum absolute atomic E-state index is 11.7. The quantitative estimate of drug-likeness (QED) is 0.202. The van der Waals surface area contributed by atoms with Gasteiger partial charge in [-0.15, -0.1) is 0 Å². The zero-order valence-electron chi connectivity index (χ0n) is 21.8. The van der Waals surface area contributed by atoms with Crippen LogP contribution in [0.1, 0.15) is 41.1 Å². The van der Waals surface area contributed by atoms with Gasteiger partial charge in [-0.25, -0.2) is 4.79 Å². The Balaban J connectivity index is 1.46. The average molecular weight is 550 g/mol. The first-order chi connectivity index (χ1) is 19.1. The van der Waals surface area contributed by atoms with Gasteiger partial charge in [-0.3, -0.25) is 0 Å². The molecule has 0 aromatic heterocycles. The summed E-state index contributed by atoms with van der Waals surface area (Å²) in [6.07, 6.45) is 1.08. The second-order valence-corrected chi connectivity index (χ2v) is 10.4. The van der Waals surface area contributed by atoms with Gasteiger partial charge in [0, 0.05) is 30.0 Å². The van der Waals surface area contributed by atoms with Crippen molar-refractivity contribution in [3.05, 3.63) is 108 Å². The lowest BCUT2D eigenvalue weighted by molar-refractivity contribution is -0.245. The molecule has 1 aliphatic heterocycles. The number of carbonyl (C=O) groups excluding carboxylic acids is 1. The van der Waals surface area contributed by atoms with Crippen LogP contribution in [0, 0.1) is 0 Å². The van der Waals surface area contributed by atoms with Crippen LogP contribution >= 0.6 is 11.8 Å². The summed E-state index contributed by atoms with van der Waals surface area (Å²) in [5, 5.41) is 21.3. The Morgan fingerprint density at radius 1 is 1.00 bits per heavy atom. The molecule has 0 saturated carbocycles. The van der Waals surface area contributed by atoms with E-state index in [1.54, 1.807) is 11.8 Å². The highest BCUT2D eigenvalue weighted by atomic mass is 32.2. The number of carbonyl (C=O) groups is 1. The van der Waals surface area contributed by atoms with Crippen LogP contribution in [0.15, 0.2) is 85.5 Å². The maximum atomic E-state index is 11.7. The molecule has 1 saturated heterocycles. The Bertz CT molecular complexity index is 1200. The molecular formula is C31H35NO6S. The summed E-state index contributed by atoms with van der Waals surface area (Å²) in [4.78, 5) is 11.7. The first-order valence-corrected chi connectivity index (χ1v) is 14.1. The van der Waals surface area contributed by atoms with Crippen LogP contribution in [0.25, 0.3) is 11.1 Å². The summed E-state index contributed by atoms with van der Waals surface area (Å²) in [5.74, 6) is 1.44. The molecule has 1 heterocycles. The van der Waals surface area contributed by atoms with Gasteiger partial charge in [-0.2, -0.15) is 11.8 Å². The van der Waals surface area contributed by atoms with Crippen molar-refractivity contribution in [1.29, 1.82) is 0 Å². The molecule has 3 N–H and O–H groups in total. The summed E-state index contributed by atoms with van der Waals surface area (Å²) >= 11 is 1.67. The van der Waals surface area contributed by atoms with Crippen molar-refractivity contribution in [3.63, 3.8) is 0 Å². The van der Waals surface area contributed by atoms with Crippen molar-refractivity contribution in [2.75, 3.05) is 24.7 Å². The van der Waals surface area contributed by atoms with Gasteiger partial charge in [0.25, 0.3) is 0 Å². The lowest BCUT2D eigenvalue weighted by atomic mass is 9.99. The molecule has 3 aromatic carbocycles. The molecule has 4 rings (SSSR count). The molecule has 39 heavy (non-hydrogen) atoms. The summed E-state index contributed by atoms with van der Waals surface area (Å²) in [6.45, 7) is 4.22. The Morgan fingerprint density at radius 3 is 2.49 bits per heavy atom. The molecule has 1 fully saturated rings. The van der Waals surface area contributed by atoms with E-state index in [2.05, 4.69) is 11.9 Å². The van der Waals surface area contributed by atoms with Crippen LogP contribution < -0.4 is 5.32 Å². The molecule has 1 aliphatic rings. The predicted molar refractivity (Wildman–Crippen MR) is 153 cm³/mol. The van der Waals surface area contributed by atoms with Gasteiger partial charge in [-0.1, -0.05) is 79.4 Å². The zero-order chi connectivity index (χ0) is 27.5. The molecule has 3 unspecified atom stereocenters. The summed E-state index contributed by atoms with van der Waals surface area (Å²) < 4.78 is 17.7. The molecule has 7 nitrogen and oxygen atoms in total. The van der Waals surface area contributed by atoms with E-state index in [-0.39, 0.29) is 32.0 Å². The number of amides is 1. The van der Waals surface area contributed by atoms with Crippen LogP contribution in [0.2, 0.25) is 0 Å². The van der Waals surface area contributed by atoms with Gasteiger partial charge in [0.15, 0.2) is 6.29 Å². The monoisotopic (exact) mass is 549 g/mol. The average Bonchev–Trinajstić information content (AvgIpc) is 2.99. The van der Waals surface area contributed by atoms with Gasteiger partial charge in [0.1, 0.15) is 6.61 Å². The number of aliphatic hydroxyl groups excluding tert-OH is 2. The molecule has 0 bridgehead atoms. The fourth-order valence-electron chi connectivity index (χ4n) is 4.36. The molecule has 0 spiro atoms. The SMILES string of the molecule is C=CCOC(=O)NCc1cccc(-c2ccc(C3OC(CSCCO)CC(c4ccc(CO)cc4)O3)cc2)c1. The number of rotatable bonds is 12. The van der Waals surface area contributed by atoms with Crippen LogP contribution in [0.3, 0.4) is 0 Å². The maximum Gasteiger partial charge on any atom is 0.407 e. The number of aliphatic hydroxyl groups is 2. The van der Waals surface area contributed by atoms with E-state index in [0.717, 1.165) is 39.1 Å². The molecule has 0 aliphatic carbocycles. The third-order valence-electron chi connectivity index (χ3n) is 6.37. The van der Waals surface area contributed by atoms with Crippen molar-refractivity contribution in [1.82, 2.24) is 5.32 Å². The van der Waals surface area contributed by atoms with Crippen molar-refractivity contribution < 1.29 is 29.2 Å². The van der Waals surface area contributed by atoms with E-state index in [4.69, 9.17) is 14.2 Å². The van der Waals surface area contributed by atoms with Gasteiger partial charge >= 0.3 is 6.09 Å². The molecule has 206 valence electrons. The van der Waals surface area contributed by atoms with Crippen molar-refractivity contribution >= 4 is 17.9 Å². The second-order valence-electron chi connectivity index (χ2n) is 9.21. The van der Waals surface area contributed by atoms with Crippen LogP contribution in [-0.4, -0.2) is 47.1 Å². The Morgan fingerprint density at radius 2 is 1.77 bits per heavy atom. The van der Waals surface area contributed by atoms with Crippen molar-refractivity contribution in [3.8, 4) is 11.1 Å². The molecule has 1 amide bonds. The lowest BCUT2D eigenvalue weighted by Gasteiger charge is -2.36. The smallest absolute Gasteiger partial charge is 0.407 e. The number of hydrogen-bond acceptors (Lipinski definition) is 7. The van der Waals surface area contributed by atoms with Crippen molar-refractivity contribution in [2.45, 2.75) is 38.1 Å². The minimum atomic E-state index is -0.521. The molecule has 3 atom stereocenters. The first-order valence-electron chi connectivity index (χ1n) is 13.0. The number of ether oxygens (including phenoxy) is 3. The normalized spacial score (nSPS) is 18.9. The van der Waals surface area contributed by atoms with E-state index in [0.29, 0.717) is 18.7 Å². The number of hydrogen-bond donors (Lipinski definition) is 3. The molecule has 0 radical (unpaired) electrons. The van der Waals surface area contributed by atoms with Gasteiger partial charge in [0.2, 0.25) is 0 Å². The lowest BCUT2D eigenvalue weighted by Crippen LogP contribution is -2.31. The van der Waals surface area contributed by atoms with Crippen LogP contribution in [0.4, 0.5) is 4.79 Å². The number of nitrogens with one attached hydrogen (secondary N) is 1. The Kier molecular flexibility index (Phi) is 11.0. The van der Waals surface area contributed by atoms with Gasteiger partial charge in [0.05, 0.1) is 25.4 Å². The van der Waals surface area contributed by atoms with E-state index < -0.39 is 12.4 Å². The van der Waals surface area contributed by atoms with E-state index in [1.165, 1.54) is 6.08 Å². The zero-order valence-corrected chi connectivity index (χ0v) is 22.6. The highest BCUT2D eigenvalue weighted by Gasteiger charge is 2.32. The first kappa shape index (κ1) is 28.9. The molecular weight excluding hydrogens is 514 g/mol. The summed E-state index contributed by atoms with van der Waals surface area (Å²) in [5.41, 5.74) is 5.87. The minimum Gasteiger partial charge on any atom is -0.445 e. The number of alkyl carbamates (subject to hydrolysis) is 1. The number of thioether (sulfide) groups is 1. The van der Waals surface area contributed by atoms with Crippen LogP contribution in [-0.2, 0) is 27.4 Å². The highest BCUT2D eigenvalue weighted by Crippen LogP contribution is 2.39. The summed E-state index contributed by atoms with van der Waals surface area (Å²) in [7, 11) is 0. The van der Waals surface area contributed by atoms with Crippen molar-refractivity contribution in [2.24, 2.45) is 0 Å². The number of benzene rings is 3. The minimum absolute atomic E-state index is 0.00596. The topological polar surface area (TPSA) is 97.3 Å². The fourth-order valence-corrected chi connectivity index (χ4v) is 5.13. The van der Waals surface area contributed by atoms with E-state index in [9.17, 15) is 15.0 Å². The molecule has 3 aromatic rings. The van der Waals surface area contributed by atoms with E-state index in [1.807, 2.05) is 72.8 Å². The largest absolute Gasteiger partial charge is 0.445 e. The Hall–Kier alpha value is -3.14. The standard InChI is InChI=1S/C31H35NO6S/c1-2-15-36-31(35)32-19-23-4-3-5-27(17-23)24-10-12-26(13-11-24)30-37-28(21-39-16-14-33)18-29(38-30)25-8-6-22(20-34)7-9-25/h2-13,17,28-30,33-34H,1,14-16,18-21H2,(H,32,35).